The van der Waals surface area contributed by atoms with Gasteiger partial charge in [-0.25, -0.2) is 0 Å². The van der Waals surface area contributed by atoms with Crippen molar-refractivity contribution in [1.29, 1.82) is 0 Å². The molecule has 2 amide bonds. The average molecular weight is 746 g/mol. The molecule has 4 rings (SSSR count). The molecule has 0 aromatic heterocycles. The van der Waals surface area contributed by atoms with E-state index in [1.165, 1.54) is 0 Å². The van der Waals surface area contributed by atoms with Crippen LogP contribution in [0, 0.1) is 16.7 Å². The van der Waals surface area contributed by atoms with Gasteiger partial charge in [-0.15, -0.1) is 0 Å². The number of ether oxygens (including phenoxy) is 4. The molecule has 11 heteroatoms. The molecule has 2 aromatic carbocycles. The molecule has 0 bridgehead atoms. The van der Waals surface area contributed by atoms with Crippen LogP contribution in [-0.4, -0.2) is 89.6 Å². The molecule has 0 saturated carbocycles. The Hall–Kier alpha value is -4.67. The van der Waals surface area contributed by atoms with Gasteiger partial charge < -0.3 is 39.4 Å². The summed E-state index contributed by atoms with van der Waals surface area (Å²) in [7, 11) is 9.04. The Morgan fingerprint density at radius 2 is 1.50 bits per heavy atom. The van der Waals surface area contributed by atoms with Gasteiger partial charge in [0, 0.05) is 57.3 Å². The number of benzene rings is 2. The number of rotatable bonds is 15. The zero-order valence-corrected chi connectivity index (χ0v) is 34.8. The second-order valence-electron chi connectivity index (χ2n) is 16.2. The predicted octanol–water partition coefficient (Wildman–Crippen LogP) is 7.81. The number of allylic oxidation sites excluding steroid dienone is 2. The Kier molecular flexibility index (Phi) is 13.7. The van der Waals surface area contributed by atoms with Crippen LogP contribution in [0.1, 0.15) is 95.4 Å². The third-order valence-electron chi connectivity index (χ3n) is 10.8. The molecule has 2 N–H and O–H groups in total. The zero-order chi connectivity index (χ0) is 40.0. The lowest BCUT2D eigenvalue weighted by molar-refractivity contribution is 0.0658. The number of carbonyl (C=O) groups is 2. The number of carbonyl (C=O) groups excluding carboxylic acids is 2. The van der Waals surface area contributed by atoms with Crippen molar-refractivity contribution in [3.63, 3.8) is 0 Å². The first-order valence-electron chi connectivity index (χ1n) is 19.0. The summed E-state index contributed by atoms with van der Waals surface area (Å²) in [5.41, 5.74) is 2.92. The number of aliphatic imine (C=N–C) groups is 1. The van der Waals surface area contributed by atoms with Crippen LogP contribution in [0.4, 0.5) is 11.4 Å². The van der Waals surface area contributed by atoms with E-state index in [-0.39, 0.29) is 46.7 Å². The van der Waals surface area contributed by atoms with Crippen molar-refractivity contribution in [2.75, 3.05) is 53.5 Å². The number of anilines is 1. The van der Waals surface area contributed by atoms with Gasteiger partial charge in [0.15, 0.2) is 23.0 Å². The van der Waals surface area contributed by atoms with Crippen molar-refractivity contribution in [2.24, 2.45) is 21.7 Å². The van der Waals surface area contributed by atoms with Crippen LogP contribution >= 0.6 is 0 Å². The molecule has 4 atom stereocenters. The van der Waals surface area contributed by atoms with E-state index in [4.69, 9.17) is 18.9 Å². The predicted molar refractivity (Wildman–Crippen MR) is 218 cm³/mol. The first-order valence-corrected chi connectivity index (χ1v) is 19.0. The van der Waals surface area contributed by atoms with Crippen LogP contribution in [0.25, 0.3) is 0 Å². The summed E-state index contributed by atoms with van der Waals surface area (Å²) in [6.07, 6.45) is 10.2. The van der Waals surface area contributed by atoms with Crippen molar-refractivity contribution >= 4 is 29.4 Å². The quantitative estimate of drug-likeness (QED) is 0.178. The van der Waals surface area contributed by atoms with Gasteiger partial charge in [-0.05, 0) is 68.1 Å². The molecule has 2 aromatic rings. The van der Waals surface area contributed by atoms with E-state index in [0.29, 0.717) is 53.0 Å². The standard InChI is InChI=1S/C43H63N5O6/c1-14-16-30(44-9)17-18-34-27(3)28(4)47(10)35-22-39(37(52-13)20-32(35)41(50)48(34)11)54-26-43(7,8)24-42(5,6)25-53-38-21-33-31(19-36(38)51-12)40(49)46-29(15-2)23-45-33/h14,16-17,19-23,27-29,34,44H,15,18,24-26H2,1-13H3,(H,46,49)/b16-14-,30-17+/t27-,28-,29+,34?/m1/s1. The summed E-state index contributed by atoms with van der Waals surface area (Å²) in [6.45, 7) is 17.9. The van der Waals surface area contributed by atoms with Gasteiger partial charge in [-0.2, -0.15) is 0 Å². The lowest BCUT2D eigenvalue weighted by Gasteiger charge is -2.43. The van der Waals surface area contributed by atoms with Gasteiger partial charge in [0.2, 0.25) is 0 Å². The first kappa shape index (κ1) is 42.1. The second-order valence-corrected chi connectivity index (χ2v) is 16.2. The van der Waals surface area contributed by atoms with Crippen LogP contribution < -0.4 is 34.5 Å². The number of likely N-dealkylation sites (N-methyl/N-ethyl adjacent to an activating group) is 1. The minimum Gasteiger partial charge on any atom is -0.493 e. The fraction of sp³-hybridized carbons (Fsp3) is 0.558. The van der Waals surface area contributed by atoms with E-state index < -0.39 is 0 Å². The third kappa shape index (κ3) is 9.70. The fourth-order valence-corrected chi connectivity index (χ4v) is 7.64. The Bertz CT molecular complexity index is 1750. The van der Waals surface area contributed by atoms with Crippen LogP contribution in [0.5, 0.6) is 23.0 Å². The molecule has 1 unspecified atom stereocenters. The van der Waals surface area contributed by atoms with Crippen molar-refractivity contribution in [3.05, 3.63) is 59.3 Å². The minimum atomic E-state index is -0.263. The Morgan fingerprint density at radius 3 is 2.06 bits per heavy atom. The molecule has 2 aliphatic heterocycles. The highest BCUT2D eigenvalue weighted by Gasteiger charge is 2.37. The van der Waals surface area contributed by atoms with Gasteiger partial charge in [0.1, 0.15) is 0 Å². The maximum absolute atomic E-state index is 14.1. The summed E-state index contributed by atoms with van der Waals surface area (Å²) in [4.78, 5) is 35.6. The smallest absolute Gasteiger partial charge is 0.256 e. The van der Waals surface area contributed by atoms with Crippen LogP contribution in [0.2, 0.25) is 0 Å². The van der Waals surface area contributed by atoms with Gasteiger partial charge in [0.05, 0.1) is 56.0 Å². The molecule has 0 fully saturated rings. The number of methoxy groups -OCH3 is 2. The molecular formula is C43H63N5O6. The highest BCUT2D eigenvalue weighted by atomic mass is 16.5. The van der Waals surface area contributed by atoms with Gasteiger partial charge in [-0.3, -0.25) is 14.6 Å². The number of amides is 2. The SMILES string of the molecule is C/C=C\C(=C/CC1[C@H](C)[C@@H](C)N(C)c2cc(OCC(C)(C)CC(C)(C)COc3cc4c(cc3OC)C(=O)N[C@@H](CC)C=N4)c(OC)cc2C(=O)N1C)NC. The maximum atomic E-state index is 14.1. The fourth-order valence-electron chi connectivity index (χ4n) is 7.64. The lowest BCUT2D eigenvalue weighted by atomic mass is 9.76. The van der Waals surface area contributed by atoms with E-state index in [2.05, 4.69) is 75.2 Å². The highest BCUT2D eigenvalue weighted by Crippen LogP contribution is 2.42. The van der Waals surface area contributed by atoms with E-state index in [1.54, 1.807) is 32.6 Å². The molecule has 54 heavy (non-hydrogen) atoms. The summed E-state index contributed by atoms with van der Waals surface area (Å²) in [6, 6.07) is 7.25. The molecule has 11 nitrogen and oxygen atoms in total. The molecule has 2 heterocycles. The number of nitrogens with one attached hydrogen (secondary N) is 2. The van der Waals surface area contributed by atoms with Crippen molar-refractivity contribution < 1.29 is 28.5 Å². The van der Waals surface area contributed by atoms with E-state index in [9.17, 15) is 9.59 Å². The number of hydrogen-bond acceptors (Lipinski definition) is 9. The van der Waals surface area contributed by atoms with Crippen molar-refractivity contribution in [2.45, 2.75) is 92.8 Å². The Balaban J connectivity index is 1.51. The largest absolute Gasteiger partial charge is 0.493 e. The monoisotopic (exact) mass is 745 g/mol. The average Bonchev–Trinajstić information content (AvgIpc) is 3.30. The maximum Gasteiger partial charge on any atom is 0.256 e. The molecule has 0 aliphatic carbocycles. The van der Waals surface area contributed by atoms with E-state index in [0.717, 1.165) is 30.6 Å². The molecule has 296 valence electrons. The van der Waals surface area contributed by atoms with Gasteiger partial charge in [-0.1, -0.05) is 53.7 Å². The van der Waals surface area contributed by atoms with E-state index >= 15 is 0 Å². The molecule has 0 spiro atoms. The summed E-state index contributed by atoms with van der Waals surface area (Å²) < 4.78 is 24.4. The van der Waals surface area contributed by atoms with Crippen molar-refractivity contribution in [1.82, 2.24) is 15.5 Å². The summed E-state index contributed by atoms with van der Waals surface area (Å²) in [5.74, 6) is 2.08. The lowest BCUT2D eigenvalue weighted by Crippen LogP contribution is -2.51. The highest BCUT2D eigenvalue weighted by molar-refractivity contribution is 6.03. The Morgan fingerprint density at radius 1 is 0.907 bits per heavy atom. The van der Waals surface area contributed by atoms with Crippen LogP contribution in [0.15, 0.2) is 53.2 Å². The van der Waals surface area contributed by atoms with Crippen LogP contribution in [0.3, 0.4) is 0 Å². The first-order chi connectivity index (χ1) is 25.5. The van der Waals surface area contributed by atoms with Gasteiger partial charge >= 0.3 is 0 Å². The Labute approximate surface area is 323 Å². The molecule has 2 aliphatic rings. The topological polar surface area (TPSA) is 114 Å². The normalized spacial score (nSPS) is 20.8. The summed E-state index contributed by atoms with van der Waals surface area (Å²) in [5, 5.41) is 6.22. The van der Waals surface area contributed by atoms with Crippen LogP contribution in [-0.2, 0) is 0 Å². The number of hydrogen-bond donors (Lipinski definition) is 2. The molecular weight excluding hydrogens is 683 g/mol. The summed E-state index contributed by atoms with van der Waals surface area (Å²) >= 11 is 0. The van der Waals surface area contributed by atoms with E-state index in [1.807, 2.05) is 57.1 Å². The number of fused-ring (bicyclic) bond motifs is 2. The third-order valence-corrected chi connectivity index (χ3v) is 10.8. The molecule has 0 radical (unpaired) electrons. The zero-order valence-electron chi connectivity index (χ0n) is 34.8. The second kappa shape index (κ2) is 17.6. The minimum absolute atomic E-state index is 0.00629. The number of nitrogens with zero attached hydrogens (tertiary/aromatic N) is 3. The molecule has 0 saturated heterocycles. The van der Waals surface area contributed by atoms with Gasteiger partial charge in [0.25, 0.3) is 11.8 Å². The van der Waals surface area contributed by atoms with Crippen molar-refractivity contribution in [3.8, 4) is 23.0 Å².